The predicted octanol–water partition coefficient (Wildman–Crippen LogP) is 3.66. The SMILES string of the molecule is C=C1C=CCC/C1=C/C(=C\N)N1C2=C(CCCC2)NC1C. The third-order valence-electron chi connectivity index (χ3n) is 4.58. The summed E-state index contributed by atoms with van der Waals surface area (Å²) in [5, 5.41) is 3.61. The molecule has 112 valence electrons. The Kier molecular flexibility index (Phi) is 3.91. The van der Waals surface area contributed by atoms with Crippen molar-refractivity contribution in [1.82, 2.24) is 10.2 Å². The molecule has 0 aromatic heterocycles. The van der Waals surface area contributed by atoms with E-state index < -0.39 is 0 Å². The highest BCUT2D eigenvalue weighted by atomic mass is 15.3. The molecule has 0 saturated carbocycles. The molecule has 0 amide bonds. The normalized spacial score (nSPS) is 28.1. The van der Waals surface area contributed by atoms with Gasteiger partial charge >= 0.3 is 0 Å². The zero-order valence-corrected chi connectivity index (χ0v) is 12.9. The van der Waals surface area contributed by atoms with Gasteiger partial charge in [0.1, 0.15) is 6.17 Å². The van der Waals surface area contributed by atoms with Gasteiger partial charge in [-0.25, -0.2) is 0 Å². The van der Waals surface area contributed by atoms with E-state index in [2.05, 4.69) is 41.9 Å². The van der Waals surface area contributed by atoms with Crippen LogP contribution < -0.4 is 11.1 Å². The molecule has 0 fully saturated rings. The van der Waals surface area contributed by atoms with Gasteiger partial charge in [-0.3, -0.25) is 0 Å². The molecule has 1 aliphatic heterocycles. The number of nitrogens with one attached hydrogen (secondary N) is 1. The monoisotopic (exact) mass is 283 g/mol. The summed E-state index contributed by atoms with van der Waals surface area (Å²) >= 11 is 0. The average molecular weight is 283 g/mol. The molecule has 0 aromatic rings. The van der Waals surface area contributed by atoms with Gasteiger partial charge in [-0.05, 0) is 62.7 Å². The fraction of sp³-hybridized carbons (Fsp3) is 0.444. The summed E-state index contributed by atoms with van der Waals surface area (Å²) in [5.41, 5.74) is 12.3. The molecule has 3 heteroatoms. The molecule has 0 spiro atoms. The van der Waals surface area contributed by atoms with E-state index >= 15 is 0 Å². The lowest BCUT2D eigenvalue weighted by Gasteiger charge is -2.29. The molecule has 0 aromatic carbocycles. The minimum Gasteiger partial charge on any atom is -0.403 e. The van der Waals surface area contributed by atoms with Gasteiger partial charge in [-0.2, -0.15) is 0 Å². The Morgan fingerprint density at radius 3 is 2.95 bits per heavy atom. The van der Waals surface area contributed by atoms with Crippen molar-refractivity contribution in [2.45, 2.75) is 51.6 Å². The largest absolute Gasteiger partial charge is 0.403 e. The maximum atomic E-state index is 5.95. The maximum Gasteiger partial charge on any atom is 0.101 e. The third kappa shape index (κ3) is 2.65. The van der Waals surface area contributed by atoms with Crippen molar-refractivity contribution >= 4 is 0 Å². The molecule has 1 heterocycles. The number of nitrogens with zero attached hydrogens (tertiary/aromatic N) is 1. The lowest BCUT2D eigenvalue weighted by atomic mass is 9.95. The second kappa shape index (κ2) is 5.84. The first-order valence-corrected chi connectivity index (χ1v) is 7.97. The molecule has 3 aliphatic rings. The molecule has 0 radical (unpaired) electrons. The number of allylic oxidation sites excluding steroid dienone is 7. The third-order valence-corrected chi connectivity index (χ3v) is 4.58. The molecule has 3 nitrogen and oxygen atoms in total. The fourth-order valence-electron chi connectivity index (χ4n) is 3.51. The summed E-state index contributed by atoms with van der Waals surface area (Å²) in [4.78, 5) is 2.37. The minimum absolute atomic E-state index is 0.284. The van der Waals surface area contributed by atoms with Crippen LogP contribution in [0.15, 0.2) is 59.2 Å². The summed E-state index contributed by atoms with van der Waals surface area (Å²) in [6.07, 6.45) is 15.5. The predicted molar refractivity (Wildman–Crippen MR) is 87.8 cm³/mol. The van der Waals surface area contributed by atoms with Gasteiger partial charge in [0.15, 0.2) is 0 Å². The van der Waals surface area contributed by atoms with Crippen LogP contribution in [0.2, 0.25) is 0 Å². The zero-order valence-electron chi connectivity index (χ0n) is 12.9. The van der Waals surface area contributed by atoms with E-state index in [1.165, 1.54) is 36.2 Å². The highest BCUT2D eigenvalue weighted by Gasteiger charge is 2.31. The van der Waals surface area contributed by atoms with Crippen LogP contribution in [-0.2, 0) is 0 Å². The van der Waals surface area contributed by atoms with Crippen molar-refractivity contribution in [3.8, 4) is 0 Å². The minimum atomic E-state index is 0.284. The summed E-state index contributed by atoms with van der Waals surface area (Å²) in [7, 11) is 0. The second-order valence-corrected chi connectivity index (χ2v) is 6.05. The van der Waals surface area contributed by atoms with E-state index in [9.17, 15) is 0 Å². The Bertz CT molecular complexity index is 563. The van der Waals surface area contributed by atoms with Crippen molar-refractivity contribution in [3.63, 3.8) is 0 Å². The molecule has 1 atom stereocenters. The molecular formula is C18H25N3. The van der Waals surface area contributed by atoms with Crippen LogP contribution in [-0.4, -0.2) is 11.1 Å². The first-order valence-electron chi connectivity index (χ1n) is 7.97. The van der Waals surface area contributed by atoms with Gasteiger partial charge in [0, 0.05) is 17.6 Å². The summed E-state index contributed by atoms with van der Waals surface area (Å²) in [6, 6.07) is 0. The molecule has 3 N–H and O–H groups in total. The molecule has 3 rings (SSSR count). The van der Waals surface area contributed by atoms with Crippen molar-refractivity contribution < 1.29 is 0 Å². The highest BCUT2D eigenvalue weighted by molar-refractivity contribution is 5.45. The molecular weight excluding hydrogens is 258 g/mol. The van der Waals surface area contributed by atoms with Crippen LogP contribution in [0.1, 0.15) is 45.4 Å². The standard InChI is InChI=1S/C18H25N3/c1-13-7-3-4-8-15(13)11-16(12-19)21-14(2)20-17-9-5-6-10-18(17)21/h3,7,11-12,14,20H,1,4-6,8-10,19H2,2H3/b15-11-,16-12+. The van der Waals surface area contributed by atoms with E-state index in [-0.39, 0.29) is 6.17 Å². The van der Waals surface area contributed by atoms with E-state index in [0.717, 1.165) is 30.5 Å². The van der Waals surface area contributed by atoms with Crippen LogP contribution >= 0.6 is 0 Å². The lowest BCUT2D eigenvalue weighted by molar-refractivity contribution is 0.340. The van der Waals surface area contributed by atoms with Gasteiger partial charge in [0.05, 0.1) is 5.70 Å². The average Bonchev–Trinajstić information content (AvgIpc) is 2.82. The van der Waals surface area contributed by atoms with Crippen LogP contribution in [0.25, 0.3) is 0 Å². The quantitative estimate of drug-likeness (QED) is 0.812. The van der Waals surface area contributed by atoms with E-state index in [1.54, 1.807) is 6.20 Å². The van der Waals surface area contributed by atoms with Crippen LogP contribution in [0.4, 0.5) is 0 Å². The van der Waals surface area contributed by atoms with E-state index in [4.69, 9.17) is 5.73 Å². The molecule has 0 saturated heterocycles. The first kappa shape index (κ1) is 14.1. The summed E-state index contributed by atoms with van der Waals surface area (Å²) < 4.78 is 0. The summed E-state index contributed by atoms with van der Waals surface area (Å²) in [6.45, 7) is 6.35. The fourth-order valence-corrected chi connectivity index (χ4v) is 3.51. The van der Waals surface area contributed by atoms with Crippen molar-refractivity contribution in [1.29, 1.82) is 0 Å². The Morgan fingerprint density at radius 1 is 1.38 bits per heavy atom. The Labute approximate surface area is 127 Å². The Hall–Kier alpha value is -1.90. The topological polar surface area (TPSA) is 41.3 Å². The van der Waals surface area contributed by atoms with Gasteiger partial charge in [-0.1, -0.05) is 18.7 Å². The maximum absolute atomic E-state index is 5.95. The zero-order chi connectivity index (χ0) is 14.8. The van der Waals surface area contributed by atoms with E-state index in [1.807, 2.05) is 0 Å². The Balaban J connectivity index is 1.90. The van der Waals surface area contributed by atoms with Gasteiger partial charge in [0.2, 0.25) is 0 Å². The van der Waals surface area contributed by atoms with Gasteiger partial charge < -0.3 is 16.0 Å². The van der Waals surface area contributed by atoms with Gasteiger partial charge in [-0.15, -0.1) is 0 Å². The van der Waals surface area contributed by atoms with E-state index in [0.29, 0.717) is 0 Å². The van der Waals surface area contributed by atoms with Crippen LogP contribution in [0, 0.1) is 0 Å². The number of rotatable bonds is 2. The number of hydrogen-bond donors (Lipinski definition) is 2. The highest BCUT2D eigenvalue weighted by Crippen LogP contribution is 2.35. The van der Waals surface area contributed by atoms with Gasteiger partial charge in [0.25, 0.3) is 0 Å². The van der Waals surface area contributed by atoms with Crippen LogP contribution in [0.5, 0.6) is 0 Å². The molecule has 0 bridgehead atoms. The van der Waals surface area contributed by atoms with Crippen molar-refractivity contribution in [2.24, 2.45) is 5.73 Å². The Morgan fingerprint density at radius 2 is 2.19 bits per heavy atom. The molecule has 21 heavy (non-hydrogen) atoms. The summed E-state index contributed by atoms with van der Waals surface area (Å²) in [5.74, 6) is 0. The lowest BCUT2D eigenvalue weighted by Crippen LogP contribution is -2.34. The van der Waals surface area contributed by atoms with Crippen molar-refractivity contribution in [3.05, 3.63) is 59.2 Å². The second-order valence-electron chi connectivity index (χ2n) is 6.05. The smallest absolute Gasteiger partial charge is 0.101 e. The molecule has 2 aliphatic carbocycles. The first-order chi connectivity index (χ1) is 10.2. The van der Waals surface area contributed by atoms with Crippen LogP contribution in [0.3, 0.4) is 0 Å². The molecule has 1 unspecified atom stereocenters. The number of nitrogens with two attached hydrogens (primary N) is 1. The van der Waals surface area contributed by atoms with Crippen molar-refractivity contribution in [2.75, 3.05) is 0 Å². The number of hydrogen-bond acceptors (Lipinski definition) is 3.